The van der Waals surface area contributed by atoms with Gasteiger partial charge in [-0.15, -0.1) is 0 Å². The molecule has 4 heterocycles. The molecule has 0 bridgehead atoms. The summed E-state index contributed by atoms with van der Waals surface area (Å²) >= 11 is 0. The number of alkyl halides is 3. The van der Waals surface area contributed by atoms with Gasteiger partial charge in [-0.3, -0.25) is 4.98 Å². The van der Waals surface area contributed by atoms with Crippen molar-refractivity contribution >= 4 is 28.2 Å². The summed E-state index contributed by atoms with van der Waals surface area (Å²) in [6.07, 6.45) is -2.20. The standard InChI is InChI=1S/C29H31F3N6O/c1-17(2)15-39-16-24-37-26(35-18-7-9-20-23(14-18)33-13-11-28(20,3)4)19-8-10-22(36-27(19)38-24)25-21(29(30,31)32)6-5-12-34-25/h5-10,12,14,17,33H,11,13,15-16H2,1-4H3,(H,35,36,37,38). The minimum Gasteiger partial charge on any atom is -0.385 e. The van der Waals surface area contributed by atoms with Gasteiger partial charge in [-0.05, 0) is 59.7 Å². The first-order valence-electron chi connectivity index (χ1n) is 12.9. The van der Waals surface area contributed by atoms with E-state index < -0.39 is 11.7 Å². The molecule has 0 unspecified atom stereocenters. The SMILES string of the molecule is CC(C)COCc1nc(Nc2ccc3c(c2)NCCC3(C)C)c2ccc(-c3ncccc3C(F)(F)F)nc2n1. The number of fused-ring (bicyclic) bond motifs is 2. The first-order valence-corrected chi connectivity index (χ1v) is 12.9. The fourth-order valence-corrected chi connectivity index (χ4v) is 4.71. The van der Waals surface area contributed by atoms with Gasteiger partial charge in [0, 0.05) is 30.7 Å². The summed E-state index contributed by atoms with van der Waals surface area (Å²) in [5.74, 6) is 1.20. The summed E-state index contributed by atoms with van der Waals surface area (Å²) in [4.78, 5) is 17.7. The maximum atomic E-state index is 13.7. The molecule has 5 rings (SSSR count). The Labute approximate surface area is 225 Å². The van der Waals surface area contributed by atoms with E-state index in [4.69, 9.17) is 4.74 Å². The van der Waals surface area contributed by atoms with Gasteiger partial charge >= 0.3 is 6.18 Å². The zero-order chi connectivity index (χ0) is 27.8. The zero-order valence-electron chi connectivity index (χ0n) is 22.4. The monoisotopic (exact) mass is 536 g/mol. The first-order chi connectivity index (χ1) is 18.5. The molecule has 0 fully saturated rings. The van der Waals surface area contributed by atoms with Crippen molar-refractivity contribution in [1.29, 1.82) is 0 Å². The molecule has 1 aliphatic rings. The lowest BCUT2D eigenvalue weighted by atomic mass is 9.78. The highest BCUT2D eigenvalue weighted by atomic mass is 19.4. The van der Waals surface area contributed by atoms with E-state index in [1.807, 2.05) is 26.0 Å². The minimum atomic E-state index is -4.57. The molecule has 1 aromatic carbocycles. The van der Waals surface area contributed by atoms with Gasteiger partial charge in [0.1, 0.15) is 18.1 Å². The Kier molecular flexibility index (Phi) is 7.15. The largest absolute Gasteiger partial charge is 0.418 e. The van der Waals surface area contributed by atoms with E-state index in [1.54, 1.807) is 6.07 Å². The van der Waals surface area contributed by atoms with Crippen molar-refractivity contribution in [3.05, 3.63) is 65.6 Å². The van der Waals surface area contributed by atoms with Crippen LogP contribution >= 0.6 is 0 Å². The molecule has 2 N–H and O–H groups in total. The van der Waals surface area contributed by atoms with Gasteiger partial charge < -0.3 is 15.4 Å². The molecule has 204 valence electrons. The summed E-state index contributed by atoms with van der Waals surface area (Å²) < 4.78 is 46.8. The number of aromatic nitrogens is 4. The van der Waals surface area contributed by atoms with Crippen LogP contribution in [0.1, 0.15) is 51.1 Å². The van der Waals surface area contributed by atoms with Gasteiger partial charge in [-0.2, -0.15) is 13.2 Å². The number of halogens is 3. The van der Waals surface area contributed by atoms with Crippen LogP contribution in [0.4, 0.5) is 30.4 Å². The Morgan fingerprint density at radius 2 is 1.90 bits per heavy atom. The molecule has 0 saturated heterocycles. The van der Waals surface area contributed by atoms with Crippen molar-refractivity contribution in [3.63, 3.8) is 0 Å². The summed E-state index contributed by atoms with van der Waals surface area (Å²) in [6.45, 7) is 10.1. The van der Waals surface area contributed by atoms with Crippen LogP contribution in [0.2, 0.25) is 0 Å². The lowest BCUT2D eigenvalue weighted by molar-refractivity contribution is -0.137. The first kappa shape index (κ1) is 26.8. The highest BCUT2D eigenvalue weighted by Crippen LogP contribution is 2.39. The van der Waals surface area contributed by atoms with Crippen molar-refractivity contribution in [2.75, 3.05) is 23.8 Å². The minimum absolute atomic E-state index is 0.0721. The molecule has 4 aromatic rings. The second-order valence-electron chi connectivity index (χ2n) is 10.8. The summed E-state index contributed by atoms with van der Waals surface area (Å²) in [5.41, 5.74) is 2.43. The lowest BCUT2D eigenvalue weighted by Crippen LogP contribution is -2.28. The van der Waals surface area contributed by atoms with Crippen molar-refractivity contribution in [1.82, 2.24) is 19.9 Å². The molecule has 3 aromatic heterocycles. The maximum absolute atomic E-state index is 13.7. The zero-order valence-corrected chi connectivity index (χ0v) is 22.4. The third kappa shape index (κ3) is 5.80. The van der Waals surface area contributed by atoms with E-state index in [9.17, 15) is 13.2 Å². The van der Waals surface area contributed by atoms with Crippen molar-refractivity contribution < 1.29 is 17.9 Å². The molecular formula is C29H31F3N6O. The number of nitrogens with one attached hydrogen (secondary N) is 2. The van der Waals surface area contributed by atoms with Crippen molar-refractivity contribution in [3.8, 4) is 11.4 Å². The number of pyridine rings is 2. The number of rotatable bonds is 7. The number of anilines is 3. The normalized spacial score (nSPS) is 14.8. The average Bonchev–Trinajstić information content (AvgIpc) is 2.87. The van der Waals surface area contributed by atoms with Crippen LogP contribution in [0.15, 0.2) is 48.7 Å². The van der Waals surface area contributed by atoms with Crippen LogP contribution in [0.5, 0.6) is 0 Å². The third-order valence-corrected chi connectivity index (χ3v) is 6.72. The number of hydrogen-bond acceptors (Lipinski definition) is 7. The molecule has 0 aliphatic carbocycles. The molecule has 7 nitrogen and oxygen atoms in total. The second kappa shape index (κ2) is 10.4. The summed E-state index contributed by atoms with van der Waals surface area (Å²) in [5, 5.41) is 7.42. The Hall–Kier alpha value is -3.79. The van der Waals surface area contributed by atoms with Gasteiger partial charge in [0.2, 0.25) is 0 Å². The maximum Gasteiger partial charge on any atom is 0.418 e. The number of benzene rings is 1. The van der Waals surface area contributed by atoms with Crippen LogP contribution in [0.3, 0.4) is 0 Å². The van der Waals surface area contributed by atoms with Gasteiger partial charge in [0.15, 0.2) is 11.5 Å². The van der Waals surface area contributed by atoms with Gasteiger partial charge in [0.25, 0.3) is 0 Å². The van der Waals surface area contributed by atoms with Crippen LogP contribution in [0.25, 0.3) is 22.4 Å². The van der Waals surface area contributed by atoms with E-state index in [1.165, 1.54) is 23.9 Å². The van der Waals surface area contributed by atoms with Crippen LogP contribution in [0, 0.1) is 5.92 Å². The molecule has 0 amide bonds. The predicted octanol–water partition coefficient (Wildman–Crippen LogP) is 7.12. The Morgan fingerprint density at radius 1 is 1.08 bits per heavy atom. The quantitative estimate of drug-likeness (QED) is 0.260. The Balaban J connectivity index is 1.56. The average molecular weight is 537 g/mol. The molecule has 10 heteroatoms. The molecule has 39 heavy (non-hydrogen) atoms. The fourth-order valence-electron chi connectivity index (χ4n) is 4.71. The van der Waals surface area contributed by atoms with E-state index in [2.05, 4.69) is 50.5 Å². The summed E-state index contributed by atoms with van der Waals surface area (Å²) in [6, 6.07) is 11.6. The van der Waals surface area contributed by atoms with E-state index in [0.29, 0.717) is 29.6 Å². The molecule has 0 atom stereocenters. The van der Waals surface area contributed by atoms with E-state index in [-0.39, 0.29) is 29.1 Å². The molecule has 0 radical (unpaired) electrons. The van der Waals surface area contributed by atoms with Gasteiger partial charge in [-0.25, -0.2) is 15.0 Å². The highest BCUT2D eigenvalue weighted by Gasteiger charge is 2.34. The van der Waals surface area contributed by atoms with E-state index >= 15 is 0 Å². The molecular weight excluding hydrogens is 505 g/mol. The number of nitrogens with zero attached hydrogens (tertiary/aromatic N) is 4. The van der Waals surface area contributed by atoms with Gasteiger partial charge in [-0.1, -0.05) is 33.8 Å². The van der Waals surface area contributed by atoms with Crippen molar-refractivity contribution in [2.45, 2.75) is 52.3 Å². The second-order valence-corrected chi connectivity index (χ2v) is 10.8. The molecule has 0 saturated carbocycles. The molecule has 1 aliphatic heterocycles. The highest BCUT2D eigenvalue weighted by molar-refractivity contribution is 5.90. The summed E-state index contributed by atoms with van der Waals surface area (Å²) in [7, 11) is 0. The number of hydrogen-bond donors (Lipinski definition) is 2. The predicted molar refractivity (Wildman–Crippen MR) is 146 cm³/mol. The fraction of sp³-hybridized carbons (Fsp3) is 0.379. The molecule has 0 spiro atoms. The third-order valence-electron chi connectivity index (χ3n) is 6.72. The topological polar surface area (TPSA) is 84.9 Å². The van der Waals surface area contributed by atoms with Crippen LogP contribution < -0.4 is 10.6 Å². The Morgan fingerprint density at radius 3 is 2.67 bits per heavy atom. The van der Waals surface area contributed by atoms with Crippen LogP contribution in [-0.2, 0) is 22.9 Å². The number of ether oxygens (including phenoxy) is 1. The van der Waals surface area contributed by atoms with Crippen molar-refractivity contribution in [2.24, 2.45) is 5.92 Å². The van der Waals surface area contributed by atoms with E-state index in [0.717, 1.165) is 30.4 Å². The lowest BCUT2D eigenvalue weighted by Gasteiger charge is -2.33. The van der Waals surface area contributed by atoms with Crippen LogP contribution in [-0.4, -0.2) is 33.1 Å². The smallest absolute Gasteiger partial charge is 0.385 e. The Bertz CT molecular complexity index is 1500. The van der Waals surface area contributed by atoms with Gasteiger partial charge in [0.05, 0.1) is 16.6 Å².